The molecule has 1 saturated carbocycles. The predicted octanol–water partition coefficient (Wildman–Crippen LogP) is 2.43. The van der Waals surface area contributed by atoms with Gasteiger partial charge in [0.25, 0.3) is 0 Å². The molecular weight excluding hydrogens is 236 g/mol. The molecule has 0 unspecified atom stereocenters. The van der Waals surface area contributed by atoms with Gasteiger partial charge in [-0.1, -0.05) is 26.7 Å². The Labute approximate surface area is 112 Å². The Kier molecular flexibility index (Phi) is 7.80. The Morgan fingerprint density at radius 2 is 1.88 bits per heavy atom. The quantitative estimate of drug-likeness (QED) is 0.827. The van der Waals surface area contributed by atoms with Crippen molar-refractivity contribution in [1.29, 1.82) is 0 Å². The Balaban J connectivity index is 0.00000256. The maximum atomic E-state index is 12.0. The molecule has 1 amide bonds. The van der Waals surface area contributed by atoms with Gasteiger partial charge in [-0.25, -0.2) is 0 Å². The summed E-state index contributed by atoms with van der Waals surface area (Å²) in [5, 5.41) is 0. The minimum absolute atomic E-state index is 0. The van der Waals surface area contributed by atoms with Crippen molar-refractivity contribution >= 4 is 18.3 Å². The lowest BCUT2D eigenvalue weighted by molar-refractivity contribution is -0.132. The largest absolute Gasteiger partial charge is 0.344 e. The average molecular weight is 263 g/mol. The molecule has 2 N–H and O–H groups in total. The Bertz CT molecular complexity index is 227. The third-order valence-electron chi connectivity index (χ3n) is 3.43. The molecule has 0 aliphatic heterocycles. The molecule has 1 atom stereocenters. The molecule has 4 heteroatoms. The van der Waals surface area contributed by atoms with E-state index in [4.69, 9.17) is 5.73 Å². The summed E-state index contributed by atoms with van der Waals surface area (Å²) in [4.78, 5) is 13.8. The number of hydrogen-bond donors (Lipinski definition) is 1. The first-order valence-corrected chi connectivity index (χ1v) is 6.51. The maximum Gasteiger partial charge on any atom is 0.239 e. The van der Waals surface area contributed by atoms with E-state index in [9.17, 15) is 4.79 Å². The van der Waals surface area contributed by atoms with Gasteiger partial charge < -0.3 is 10.6 Å². The fourth-order valence-corrected chi connectivity index (χ4v) is 2.56. The number of rotatable bonds is 5. The summed E-state index contributed by atoms with van der Waals surface area (Å²) < 4.78 is 0. The zero-order valence-corrected chi connectivity index (χ0v) is 12.1. The average Bonchev–Trinajstić information content (AvgIpc) is 2.68. The molecule has 102 valence electrons. The van der Waals surface area contributed by atoms with E-state index in [1.54, 1.807) is 0 Å². The van der Waals surface area contributed by atoms with Crippen molar-refractivity contribution in [2.75, 3.05) is 13.6 Å². The minimum atomic E-state index is -0.314. The first-order valence-electron chi connectivity index (χ1n) is 6.51. The molecule has 0 spiro atoms. The van der Waals surface area contributed by atoms with Crippen LogP contribution in [0.4, 0.5) is 0 Å². The van der Waals surface area contributed by atoms with E-state index in [1.165, 1.54) is 25.7 Å². The molecule has 0 saturated heterocycles. The van der Waals surface area contributed by atoms with Gasteiger partial charge >= 0.3 is 0 Å². The van der Waals surface area contributed by atoms with Gasteiger partial charge in [0, 0.05) is 13.6 Å². The monoisotopic (exact) mass is 262 g/mol. The van der Waals surface area contributed by atoms with E-state index < -0.39 is 0 Å². The normalized spacial score (nSPS) is 17.9. The van der Waals surface area contributed by atoms with Crippen LogP contribution >= 0.6 is 12.4 Å². The third kappa shape index (κ3) is 5.73. The van der Waals surface area contributed by atoms with Gasteiger partial charge in [-0.2, -0.15) is 0 Å². The lowest BCUT2D eigenvalue weighted by Gasteiger charge is -2.24. The molecule has 1 aliphatic rings. The van der Waals surface area contributed by atoms with Gasteiger partial charge in [0.2, 0.25) is 5.91 Å². The summed E-state index contributed by atoms with van der Waals surface area (Å²) in [6, 6.07) is -0.314. The number of nitrogens with two attached hydrogens (primary N) is 1. The molecular formula is C13H27ClN2O. The highest BCUT2D eigenvalue weighted by molar-refractivity contribution is 5.85. The van der Waals surface area contributed by atoms with E-state index in [2.05, 4.69) is 13.8 Å². The summed E-state index contributed by atoms with van der Waals surface area (Å²) in [6.07, 6.45) is 5.98. The molecule has 1 fully saturated rings. The second kappa shape index (κ2) is 7.93. The van der Waals surface area contributed by atoms with Crippen LogP contribution in [0.2, 0.25) is 0 Å². The van der Waals surface area contributed by atoms with Crippen molar-refractivity contribution in [3.8, 4) is 0 Å². The number of halogens is 1. The lowest BCUT2D eigenvalue weighted by atomic mass is 10.0. The topological polar surface area (TPSA) is 46.3 Å². The van der Waals surface area contributed by atoms with Crippen LogP contribution < -0.4 is 5.73 Å². The molecule has 0 aromatic heterocycles. The molecule has 0 bridgehead atoms. The summed E-state index contributed by atoms with van der Waals surface area (Å²) >= 11 is 0. The first kappa shape index (κ1) is 16.7. The molecule has 17 heavy (non-hydrogen) atoms. The van der Waals surface area contributed by atoms with Gasteiger partial charge in [0.05, 0.1) is 6.04 Å². The van der Waals surface area contributed by atoms with E-state index in [0.29, 0.717) is 11.8 Å². The Hall–Kier alpha value is -0.280. The second-order valence-electron chi connectivity index (χ2n) is 5.61. The van der Waals surface area contributed by atoms with Crippen molar-refractivity contribution in [2.45, 2.75) is 52.0 Å². The molecule has 0 radical (unpaired) electrons. The summed E-state index contributed by atoms with van der Waals surface area (Å²) in [7, 11) is 1.89. The smallest absolute Gasteiger partial charge is 0.239 e. The highest BCUT2D eigenvalue weighted by atomic mass is 35.5. The van der Waals surface area contributed by atoms with Gasteiger partial charge in [-0.3, -0.25) is 4.79 Å². The highest BCUT2D eigenvalue weighted by Crippen LogP contribution is 2.25. The number of carbonyl (C=O) groups is 1. The fraction of sp³-hybridized carbons (Fsp3) is 0.923. The predicted molar refractivity (Wildman–Crippen MR) is 74.3 cm³/mol. The van der Waals surface area contributed by atoms with Crippen LogP contribution in [-0.4, -0.2) is 30.4 Å². The SMILES string of the molecule is CC(C)C[C@H](N)C(=O)N(C)CC1CCCC1.Cl. The standard InChI is InChI=1S/C13H26N2O.ClH/c1-10(2)8-12(14)13(16)15(3)9-11-6-4-5-7-11;/h10-12H,4-9,14H2,1-3H3;1H/t12-;/m0./s1. The van der Waals surface area contributed by atoms with Crippen LogP contribution in [0.3, 0.4) is 0 Å². The molecule has 1 aliphatic carbocycles. The van der Waals surface area contributed by atoms with Crippen LogP contribution in [0.1, 0.15) is 46.0 Å². The van der Waals surface area contributed by atoms with Crippen LogP contribution in [0.5, 0.6) is 0 Å². The van der Waals surface area contributed by atoms with Crippen molar-refractivity contribution < 1.29 is 4.79 Å². The van der Waals surface area contributed by atoms with Crippen molar-refractivity contribution in [1.82, 2.24) is 4.90 Å². The van der Waals surface area contributed by atoms with E-state index >= 15 is 0 Å². The maximum absolute atomic E-state index is 12.0. The van der Waals surface area contributed by atoms with E-state index in [1.807, 2.05) is 11.9 Å². The van der Waals surface area contributed by atoms with E-state index in [-0.39, 0.29) is 24.4 Å². The zero-order valence-electron chi connectivity index (χ0n) is 11.3. The lowest BCUT2D eigenvalue weighted by Crippen LogP contribution is -2.44. The molecule has 3 nitrogen and oxygen atoms in total. The van der Waals surface area contributed by atoms with Crippen molar-refractivity contribution in [2.24, 2.45) is 17.6 Å². The van der Waals surface area contributed by atoms with Crippen LogP contribution in [0.15, 0.2) is 0 Å². The molecule has 0 aromatic rings. The third-order valence-corrected chi connectivity index (χ3v) is 3.43. The van der Waals surface area contributed by atoms with Crippen LogP contribution in [0, 0.1) is 11.8 Å². The minimum Gasteiger partial charge on any atom is -0.344 e. The number of amides is 1. The van der Waals surface area contributed by atoms with Crippen LogP contribution in [-0.2, 0) is 4.79 Å². The summed E-state index contributed by atoms with van der Waals surface area (Å²) in [5.74, 6) is 1.31. The van der Waals surface area contributed by atoms with Crippen molar-refractivity contribution in [3.05, 3.63) is 0 Å². The number of hydrogen-bond acceptors (Lipinski definition) is 2. The number of likely N-dealkylation sites (N-methyl/N-ethyl adjacent to an activating group) is 1. The second-order valence-corrected chi connectivity index (χ2v) is 5.61. The van der Waals surface area contributed by atoms with Gasteiger partial charge in [0.1, 0.15) is 0 Å². The highest BCUT2D eigenvalue weighted by Gasteiger charge is 2.23. The molecule has 0 heterocycles. The number of nitrogens with zero attached hydrogens (tertiary/aromatic N) is 1. The summed E-state index contributed by atoms with van der Waals surface area (Å²) in [5.41, 5.74) is 5.90. The molecule has 0 aromatic carbocycles. The zero-order chi connectivity index (χ0) is 12.1. The van der Waals surface area contributed by atoms with E-state index in [0.717, 1.165) is 13.0 Å². The van der Waals surface area contributed by atoms with Gasteiger partial charge in [-0.05, 0) is 31.1 Å². The Morgan fingerprint density at radius 1 is 1.35 bits per heavy atom. The Morgan fingerprint density at radius 3 is 2.35 bits per heavy atom. The molecule has 1 rings (SSSR count). The van der Waals surface area contributed by atoms with Crippen molar-refractivity contribution in [3.63, 3.8) is 0 Å². The van der Waals surface area contributed by atoms with Gasteiger partial charge in [0.15, 0.2) is 0 Å². The van der Waals surface area contributed by atoms with Gasteiger partial charge in [-0.15, -0.1) is 12.4 Å². The first-order chi connectivity index (χ1) is 7.50. The number of carbonyl (C=O) groups excluding carboxylic acids is 1. The van der Waals surface area contributed by atoms with Crippen LogP contribution in [0.25, 0.3) is 0 Å². The summed E-state index contributed by atoms with van der Waals surface area (Å²) in [6.45, 7) is 5.10. The fourth-order valence-electron chi connectivity index (χ4n) is 2.56.